The molecule has 0 saturated carbocycles. The number of benzene rings is 1. The zero-order valence-corrected chi connectivity index (χ0v) is 9.45. The summed E-state index contributed by atoms with van der Waals surface area (Å²) in [6.45, 7) is 5.95. The maximum absolute atomic E-state index is 4.66. The van der Waals surface area contributed by atoms with Gasteiger partial charge in [-0.05, 0) is 12.5 Å². The predicted octanol–water partition coefficient (Wildman–Crippen LogP) is 3.28. The first-order chi connectivity index (χ1) is 6.83. The van der Waals surface area contributed by atoms with Crippen LogP contribution in [0.1, 0.15) is 26.3 Å². The standard InChI is InChI=1S/C10H13NO.C2H6/c1-9(11-12-2)8-10-6-4-3-5-7-10;1-2/h3-7H,8H2,1-2H3;1-2H3/b11-9-;. The number of oxime groups is 1. The van der Waals surface area contributed by atoms with Crippen LogP contribution >= 0.6 is 0 Å². The summed E-state index contributed by atoms with van der Waals surface area (Å²) in [5.74, 6) is 0. The Bertz CT molecular complexity index is 254. The molecule has 0 fully saturated rings. The Morgan fingerprint density at radius 3 is 2.29 bits per heavy atom. The quantitative estimate of drug-likeness (QED) is 0.533. The molecule has 0 aromatic heterocycles. The van der Waals surface area contributed by atoms with E-state index in [-0.39, 0.29) is 0 Å². The van der Waals surface area contributed by atoms with Gasteiger partial charge in [0.15, 0.2) is 0 Å². The van der Waals surface area contributed by atoms with Gasteiger partial charge in [-0.1, -0.05) is 49.3 Å². The summed E-state index contributed by atoms with van der Waals surface area (Å²) >= 11 is 0. The summed E-state index contributed by atoms with van der Waals surface area (Å²) in [5.41, 5.74) is 2.25. The summed E-state index contributed by atoms with van der Waals surface area (Å²) in [5, 5.41) is 3.84. The molecule has 2 heteroatoms. The largest absolute Gasteiger partial charge is 0.399 e. The molecule has 1 aromatic carbocycles. The zero-order valence-electron chi connectivity index (χ0n) is 9.45. The summed E-state index contributed by atoms with van der Waals surface area (Å²) in [7, 11) is 1.56. The molecule has 0 aliphatic heterocycles. The van der Waals surface area contributed by atoms with Crippen LogP contribution in [-0.4, -0.2) is 12.8 Å². The van der Waals surface area contributed by atoms with Crippen LogP contribution in [0.5, 0.6) is 0 Å². The lowest BCUT2D eigenvalue weighted by atomic mass is 10.1. The molecule has 0 aliphatic carbocycles. The first kappa shape index (κ1) is 12.7. The van der Waals surface area contributed by atoms with Gasteiger partial charge < -0.3 is 4.84 Å². The highest BCUT2D eigenvalue weighted by Crippen LogP contribution is 2.00. The normalized spacial score (nSPS) is 10.1. The third-order valence-electron chi connectivity index (χ3n) is 1.55. The van der Waals surface area contributed by atoms with E-state index in [1.165, 1.54) is 5.56 Å². The maximum atomic E-state index is 4.66. The molecule has 0 aliphatic rings. The highest BCUT2D eigenvalue weighted by Gasteiger charge is 1.94. The van der Waals surface area contributed by atoms with Crippen molar-refractivity contribution in [1.82, 2.24) is 0 Å². The second-order valence-corrected chi connectivity index (χ2v) is 2.67. The minimum absolute atomic E-state index is 0.856. The van der Waals surface area contributed by atoms with E-state index in [9.17, 15) is 0 Å². The molecule has 1 aromatic rings. The Kier molecular flexibility index (Phi) is 7.52. The van der Waals surface area contributed by atoms with Crippen LogP contribution in [0.3, 0.4) is 0 Å². The Hall–Kier alpha value is -1.31. The van der Waals surface area contributed by atoms with Crippen molar-refractivity contribution in [2.75, 3.05) is 7.11 Å². The topological polar surface area (TPSA) is 21.6 Å². The SMILES string of the molecule is CC.CO/N=C(/C)Cc1ccccc1. The van der Waals surface area contributed by atoms with Crippen LogP contribution in [0.4, 0.5) is 0 Å². The maximum Gasteiger partial charge on any atom is 0.106 e. The lowest BCUT2D eigenvalue weighted by Gasteiger charge is -1.98. The second kappa shape index (κ2) is 8.30. The van der Waals surface area contributed by atoms with E-state index >= 15 is 0 Å². The molecule has 2 nitrogen and oxygen atoms in total. The van der Waals surface area contributed by atoms with Crippen molar-refractivity contribution < 1.29 is 4.84 Å². The molecular weight excluding hydrogens is 174 g/mol. The smallest absolute Gasteiger partial charge is 0.106 e. The van der Waals surface area contributed by atoms with Crippen molar-refractivity contribution in [3.8, 4) is 0 Å². The van der Waals surface area contributed by atoms with Gasteiger partial charge in [0.1, 0.15) is 7.11 Å². The summed E-state index contributed by atoms with van der Waals surface area (Å²) in [6, 6.07) is 10.2. The van der Waals surface area contributed by atoms with Crippen LogP contribution in [0.15, 0.2) is 35.5 Å². The van der Waals surface area contributed by atoms with Crippen LogP contribution < -0.4 is 0 Å². The first-order valence-corrected chi connectivity index (χ1v) is 4.93. The lowest BCUT2D eigenvalue weighted by Crippen LogP contribution is -1.97. The van der Waals surface area contributed by atoms with E-state index in [1.807, 2.05) is 39.0 Å². The minimum atomic E-state index is 0.856. The van der Waals surface area contributed by atoms with Crippen molar-refractivity contribution in [2.45, 2.75) is 27.2 Å². The molecule has 0 radical (unpaired) electrons. The van der Waals surface area contributed by atoms with E-state index in [0.717, 1.165) is 12.1 Å². The van der Waals surface area contributed by atoms with Crippen LogP contribution in [0.25, 0.3) is 0 Å². The number of hydrogen-bond donors (Lipinski definition) is 0. The van der Waals surface area contributed by atoms with Crippen LogP contribution in [-0.2, 0) is 11.3 Å². The summed E-state index contributed by atoms with van der Waals surface area (Å²) < 4.78 is 0. The zero-order chi connectivity index (χ0) is 10.8. The summed E-state index contributed by atoms with van der Waals surface area (Å²) in [4.78, 5) is 4.66. The molecule has 0 unspecified atom stereocenters. The third kappa shape index (κ3) is 5.36. The fourth-order valence-electron chi connectivity index (χ4n) is 1.08. The van der Waals surface area contributed by atoms with Gasteiger partial charge in [-0.3, -0.25) is 0 Å². The molecule has 0 saturated heterocycles. The molecule has 0 N–H and O–H groups in total. The van der Waals surface area contributed by atoms with E-state index < -0.39 is 0 Å². The van der Waals surface area contributed by atoms with Gasteiger partial charge in [0.25, 0.3) is 0 Å². The average molecular weight is 193 g/mol. The fraction of sp³-hybridized carbons (Fsp3) is 0.417. The van der Waals surface area contributed by atoms with Gasteiger partial charge in [0.05, 0.1) is 5.71 Å². The predicted molar refractivity (Wildman–Crippen MR) is 61.6 cm³/mol. The molecule has 0 bridgehead atoms. The molecule has 0 atom stereocenters. The van der Waals surface area contributed by atoms with Gasteiger partial charge in [-0.2, -0.15) is 0 Å². The molecule has 1 rings (SSSR count). The molecule has 0 amide bonds. The van der Waals surface area contributed by atoms with Crippen LogP contribution in [0.2, 0.25) is 0 Å². The van der Waals surface area contributed by atoms with Crippen molar-refractivity contribution in [3.63, 3.8) is 0 Å². The van der Waals surface area contributed by atoms with E-state index in [2.05, 4.69) is 22.1 Å². The first-order valence-electron chi connectivity index (χ1n) is 4.93. The number of nitrogens with zero attached hydrogens (tertiary/aromatic N) is 1. The van der Waals surface area contributed by atoms with Crippen LogP contribution in [0, 0.1) is 0 Å². The number of rotatable bonds is 3. The monoisotopic (exact) mass is 193 g/mol. The Labute approximate surface area is 86.6 Å². The Morgan fingerprint density at radius 2 is 1.79 bits per heavy atom. The van der Waals surface area contributed by atoms with Gasteiger partial charge in [0.2, 0.25) is 0 Å². The van der Waals surface area contributed by atoms with E-state index in [1.54, 1.807) is 7.11 Å². The van der Waals surface area contributed by atoms with Crippen molar-refractivity contribution in [2.24, 2.45) is 5.16 Å². The molecule has 0 heterocycles. The van der Waals surface area contributed by atoms with Gasteiger partial charge >= 0.3 is 0 Å². The average Bonchev–Trinajstić information content (AvgIpc) is 2.22. The summed E-state index contributed by atoms with van der Waals surface area (Å²) in [6.07, 6.45) is 0.856. The minimum Gasteiger partial charge on any atom is -0.399 e. The third-order valence-corrected chi connectivity index (χ3v) is 1.55. The van der Waals surface area contributed by atoms with E-state index in [4.69, 9.17) is 0 Å². The highest BCUT2D eigenvalue weighted by atomic mass is 16.6. The van der Waals surface area contributed by atoms with Gasteiger partial charge in [0, 0.05) is 6.42 Å². The molecular formula is C12H19NO. The molecule has 0 spiro atoms. The van der Waals surface area contributed by atoms with Gasteiger partial charge in [-0.15, -0.1) is 0 Å². The van der Waals surface area contributed by atoms with Crippen molar-refractivity contribution in [1.29, 1.82) is 0 Å². The van der Waals surface area contributed by atoms with E-state index in [0.29, 0.717) is 0 Å². The van der Waals surface area contributed by atoms with Crippen molar-refractivity contribution >= 4 is 5.71 Å². The Balaban J connectivity index is 0.000000791. The molecule has 14 heavy (non-hydrogen) atoms. The number of hydrogen-bond acceptors (Lipinski definition) is 2. The van der Waals surface area contributed by atoms with Gasteiger partial charge in [-0.25, -0.2) is 0 Å². The highest BCUT2D eigenvalue weighted by molar-refractivity contribution is 5.83. The van der Waals surface area contributed by atoms with Crippen molar-refractivity contribution in [3.05, 3.63) is 35.9 Å². The lowest BCUT2D eigenvalue weighted by molar-refractivity contribution is 0.212. The molecule has 78 valence electrons. The second-order valence-electron chi connectivity index (χ2n) is 2.67. The Morgan fingerprint density at radius 1 is 1.21 bits per heavy atom. The fourth-order valence-corrected chi connectivity index (χ4v) is 1.08.